The van der Waals surface area contributed by atoms with Crippen molar-refractivity contribution in [1.29, 1.82) is 0 Å². The standard InChI is InChI=1S/C22H16F3N3O2S/c23-22(24,25)30-16-4-1-13(2-5-16)19-20-14(8-10-31-20)7-9-28(19)21(29)15-3-6-17-18(11-15)27-12-26-17/h1-6,8,10-12,19H,7,9H2,(H,26,27). The van der Waals surface area contributed by atoms with E-state index in [2.05, 4.69) is 14.7 Å². The second-order valence-electron chi connectivity index (χ2n) is 7.21. The number of benzene rings is 2. The van der Waals surface area contributed by atoms with Gasteiger partial charge in [-0.2, -0.15) is 0 Å². The molecule has 0 bridgehead atoms. The van der Waals surface area contributed by atoms with Gasteiger partial charge in [0.1, 0.15) is 5.75 Å². The molecule has 2 aromatic heterocycles. The third-order valence-corrected chi connectivity index (χ3v) is 6.33. The number of fused-ring (bicyclic) bond motifs is 2. The van der Waals surface area contributed by atoms with Crippen LogP contribution in [0.4, 0.5) is 13.2 Å². The minimum absolute atomic E-state index is 0.142. The zero-order chi connectivity index (χ0) is 21.6. The lowest BCUT2D eigenvalue weighted by atomic mass is 9.94. The molecule has 1 unspecified atom stereocenters. The lowest BCUT2D eigenvalue weighted by Crippen LogP contribution is -2.40. The first-order valence-electron chi connectivity index (χ1n) is 9.55. The fraction of sp³-hybridized carbons (Fsp3) is 0.182. The van der Waals surface area contributed by atoms with Crippen molar-refractivity contribution in [2.24, 2.45) is 0 Å². The number of imidazole rings is 1. The van der Waals surface area contributed by atoms with Crippen LogP contribution in [0.1, 0.15) is 32.4 Å². The molecule has 0 aliphatic carbocycles. The number of carbonyl (C=O) groups is 1. The van der Waals surface area contributed by atoms with Gasteiger partial charge in [-0.25, -0.2) is 4.98 Å². The fourth-order valence-electron chi connectivity index (χ4n) is 3.94. The maximum Gasteiger partial charge on any atom is 0.573 e. The Hall–Kier alpha value is -3.33. The van der Waals surface area contributed by atoms with Crippen molar-refractivity contribution in [2.45, 2.75) is 18.8 Å². The zero-order valence-electron chi connectivity index (χ0n) is 16.0. The highest BCUT2D eigenvalue weighted by Gasteiger charge is 2.34. The zero-order valence-corrected chi connectivity index (χ0v) is 16.8. The summed E-state index contributed by atoms with van der Waals surface area (Å²) >= 11 is 1.54. The predicted molar refractivity (Wildman–Crippen MR) is 110 cm³/mol. The fourth-order valence-corrected chi connectivity index (χ4v) is 5.03. The molecule has 1 atom stereocenters. The number of rotatable bonds is 3. The summed E-state index contributed by atoms with van der Waals surface area (Å²) in [6, 6.07) is 12.7. The van der Waals surface area contributed by atoms with Crippen LogP contribution in [-0.4, -0.2) is 33.7 Å². The van der Waals surface area contributed by atoms with Crippen molar-refractivity contribution in [3.8, 4) is 5.75 Å². The van der Waals surface area contributed by atoms with E-state index in [0.29, 0.717) is 12.1 Å². The van der Waals surface area contributed by atoms with Crippen LogP contribution in [0.25, 0.3) is 11.0 Å². The Morgan fingerprint density at radius 2 is 1.97 bits per heavy atom. The van der Waals surface area contributed by atoms with Gasteiger partial charge in [-0.3, -0.25) is 4.79 Å². The van der Waals surface area contributed by atoms with Gasteiger partial charge in [-0.15, -0.1) is 24.5 Å². The maximum absolute atomic E-state index is 13.5. The molecule has 3 heterocycles. The van der Waals surface area contributed by atoms with Gasteiger partial charge < -0.3 is 14.6 Å². The van der Waals surface area contributed by atoms with Crippen molar-refractivity contribution < 1.29 is 22.7 Å². The van der Waals surface area contributed by atoms with Crippen molar-refractivity contribution in [3.05, 3.63) is 81.8 Å². The number of nitrogens with zero attached hydrogens (tertiary/aromatic N) is 2. The molecule has 0 saturated carbocycles. The number of hydrogen-bond donors (Lipinski definition) is 1. The van der Waals surface area contributed by atoms with E-state index in [4.69, 9.17) is 0 Å². The molecule has 9 heteroatoms. The van der Waals surface area contributed by atoms with Gasteiger partial charge in [-0.05, 0) is 59.3 Å². The highest BCUT2D eigenvalue weighted by Crippen LogP contribution is 2.40. The molecule has 1 N–H and O–H groups in total. The maximum atomic E-state index is 13.5. The molecule has 1 amide bonds. The molecule has 4 aromatic rings. The molecule has 2 aromatic carbocycles. The number of hydrogen-bond acceptors (Lipinski definition) is 4. The van der Waals surface area contributed by atoms with Crippen LogP contribution in [0.15, 0.2) is 60.2 Å². The molecule has 0 saturated heterocycles. The molecule has 31 heavy (non-hydrogen) atoms. The van der Waals surface area contributed by atoms with Crippen molar-refractivity contribution in [3.63, 3.8) is 0 Å². The molecular formula is C22H16F3N3O2S. The third kappa shape index (κ3) is 3.76. The topological polar surface area (TPSA) is 58.2 Å². The normalized spacial score (nSPS) is 16.4. The lowest BCUT2D eigenvalue weighted by molar-refractivity contribution is -0.274. The van der Waals surface area contributed by atoms with E-state index in [1.165, 1.54) is 12.1 Å². The molecule has 5 nitrogen and oxygen atoms in total. The number of halogens is 3. The Kier molecular flexibility index (Phi) is 4.70. The summed E-state index contributed by atoms with van der Waals surface area (Å²) in [6.07, 6.45) is -2.45. The van der Waals surface area contributed by atoms with Crippen LogP contribution in [0, 0.1) is 0 Å². The Morgan fingerprint density at radius 3 is 2.74 bits per heavy atom. The summed E-state index contributed by atoms with van der Waals surface area (Å²) in [5, 5.41) is 1.98. The van der Waals surface area contributed by atoms with Crippen LogP contribution in [0.5, 0.6) is 5.75 Å². The van der Waals surface area contributed by atoms with Crippen molar-refractivity contribution >= 4 is 28.3 Å². The predicted octanol–water partition coefficient (Wildman–Crippen LogP) is 5.31. The number of aromatic nitrogens is 2. The van der Waals surface area contributed by atoms with Gasteiger partial charge in [0.15, 0.2) is 0 Å². The molecule has 0 radical (unpaired) electrons. The van der Waals surface area contributed by atoms with E-state index in [-0.39, 0.29) is 17.7 Å². The molecule has 0 fully saturated rings. The average Bonchev–Trinajstić information content (AvgIpc) is 3.40. The van der Waals surface area contributed by atoms with E-state index in [9.17, 15) is 18.0 Å². The summed E-state index contributed by atoms with van der Waals surface area (Å²) in [5.41, 5.74) is 3.95. The first-order chi connectivity index (χ1) is 14.9. The van der Waals surface area contributed by atoms with Crippen LogP contribution >= 0.6 is 11.3 Å². The van der Waals surface area contributed by atoms with Gasteiger partial charge >= 0.3 is 6.36 Å². The summed E-state index contributed by atoms with van der Waals surface area (Å²) in [7, 11) is 0. The van der Waals surface area contributed by atoms with E-state index in [1.807, 2.05) is 11.4 Å². The van der Waals surface area contributed by atoms with Crippen LogP contribution in [0.2, 0.25) is 0 Å². The van der Waals surface area contributed by atoms with Gasteiger partial charge in [0.05, 0.1) is 23.4 Å². The van der Waals surface area contributed by atoms with Crippen LogP contribution < -0.4 is 4.74 Å². The molecular weight excluding hydrogens is 427 g/mol. The Morgan fingerprint density at radius 1 is 1.16 bits per heavy atom. The van der Waals surface area contributed by atoms with E-state index in [1.54, 1.807) is 52.9 Å². The summed E-state index contributed by atoms with van der Waals surface area (Å²) < 4.78 is 41.5. The summed E-state index contributed by atoms with van der Waals surface area (Å²) in [6.45, 7) is 0.509. The van der Waals surface area contributed by atoms with Gasteiger partial charge in [0, 0.05) is 17.0 Å². The smallest absolute Gasteiger partial charge is 0.406 e. The number of alkyl halides is 3. The minimum atomic E-state index is -4.75. The average molecular weight is 443 g/mol. The SMILES string of the molecule is O=C(c1ccc2nc[nH]c2c1)N1CCc2ccsc2C1c1ccc(OC(F)(F)F)cc1. The monoisotopic (exact) mass is 443 g/mol. The van der Waals surface area contributed by atoms with E-state index in [0.717, 1.165) is 33.5 Å². The second kappa shape index (κ2) is 7.42. The molecule has 0 spiro atoms. The number of thiophene rings is 1. The van der Waals surface area contributed by atoms with Crippen molar-refractivity contribution in [2.75, 3.05) is 6.54 Å². The largest absolute Gasteiger partial charge is 0.573 e. The Balaban J connectivity index is 1.51. The number of aromatic amines is 1. The van der Waals surface area contributed by atoms with Gasteiger partial charge in [-0.1, -0.05) is 12.1 Å². The number of H-pyrrole nitrogens is 1. The highest BCUT2D eigenvalue weighted by atomic mass is 32.1. The first kappa shape index (κ1) is 19.6. The number of ether oxygens (including phenoxy) is 1. The molecule has 1 aliphatic heterocycles. The quantitative estimate of drug-likeness (QED) is 0.467. The molecule has 158 valence electrons. The van der Waals surface area contributed by atoms with Crippen molar-refractivity contribution in [1.82, 2.24) is 14.9 Å². The van der Waals surface area contributed by atoms with Crippen LogP contribution in [-0.2, 0) is 6.42 Å². The minimum Gasteiger partial charge on any atom is -0.406 e. The third-order valence-electron chi connectivity index (χ3n) is 5.32. The van der Waals surface area contributed by atoms with E-state index >= 15 is 0 Å². The number of carbonyl (C=O) groups excluding carboxylic acids is 1. The second-order valence-corrected chi connectivity index (χ2v) is 8.16. The Labute approximate surface area is 179 Å². The Bertz CT molecular complexity index is 1250. The van der Waals surface area contributed by atoms with E-state index < -0.39 is 6.36 Å². The molecule has 1 aliphatic rings. The lowest BCUT2D eigenvalue weighted by Gasteiger charge is -2.36. The summed E-state index contributed by atoms with van der Waals surface area (Å²) in [4.78, 5) is 23.4. The summed E-state index contributed by atoms with van der Waals surface area (Å²) in [5.74, 6) is -0.433. The first-order valence-corrected chi connectivity index (χ1v) is 10.4. The number of amides is 1. The molecule has 5 rings (SSSR count). The van der Waals surface area contributed by atoms with Crippen LogP contribution in [0.3, 0.4) is 0 Å². The number of nitrogens with one attached hydrogen (secondary N) is 1. The van der Waals surface area contributed by atoms with Gasteiger partial charge in [0.25, 0.3) is 5.91 Å². The van der Waals surface area contributed by atoms with Gasteiger partial charge in [0.2, 0.25) is 0 Å². The highest BCUT2D eigenvalue weighted by molar-refractivity contribution is 7.10.